The number of nitrogens with one attached hydrogen (secondary N) is 2. The van der Waals surface area contributed by atoms with E-state index in [1.807, 2.05) is 57.2 Å². The van der Waals surface area contributed by atoms with Crippen LogP contribution in [0, 0.1) is 13.8 Å². The van der Waals surface area contributed by atoms with Crippen molar-refractivity contribution in [2.24, 2.45) is 4.99 Å². The lowest BCUT2D eigenvalue weighted by Gasteiger charge is -2.10. The second-order valence-corrected chi connectivity index (χ2v) is 7.13. The highest BCUT2D eigenvalue weighted by Crippen LogP contribution is 2.20. The summed E-state index contributed by atoms with van der Waals surface area (Å²) in [6.07, 6.45) is 0. The van der Waals surface area contributed by atoms with Crippen molar-refractivity contribution in [2.75, 3.05) is 6.54 Å². The summed E-state index contributed by atoms with van der Waals surface area (Å²) >= 11 is 1.71. The Balaban J connectivity index is 0.00000261. The number of benzene rings is 1. The maximum Gasteiger partial charge on any atom is 0.191 e. The van der Waals surface area contributed by atoms with Crippen LogP contribution in [-0.4, -0.2) is 22.6 Å². The molecule has 3 rings (SSSR count). The zero-order valence-corrected chi connectivity index (χ0v) is 18.8. The van der Waals surface area contributed by atoms with Crippen molar-refractivity contribution in [3.63, 3.8) is 0 Å². The van der Waals surface area contributed by atoms with Crippen LogP contribution in [-0.2, 0) is 13.1 Å². The fourth-order valence-electron chi connectivity index (χ4n) is 2.53. The van der Waals surface area contributed by atoms with Crippen molar-refractivity contribution in [3.8, 4) is 11.3 Å². The molecular formula is C19H24IN5OS. The van der Waals surface area contributed by atoms with Gasteiger partial charge in [0, 0.05) is 23.1 Å². The number of nitrogens with zero attached hydrogens (tertiary/aromatic N) is 3. The molecule has 0 unspecified atom stereocenters. The van der Waals surface area contributed by atoms with Crippen LogP contribution in [0.1, 0.15) is 28.2 Å². The highest BCUT2D eigenvalue weighted by Gasteiger charge is 2.08. The van der Waals surface area contributed by atoms with Gasteiger partial charge >= 0.3 is 0 Å². The van der Waals surface area contributed by atoms with E-state index < -0.39 is 0 Å². The molecule has 0 saturated heterocycles. The molecule has 0 atom stereocenters. The molecule has 1 aromatic carbocycles. The summed E-state index contributed by atoms with van der Waals surface area (Å²) in [5.74, 6) is 1.51. The monoisotopic (exact) mass is 497 g/mol. The van der Waals surface area contributed by atoms with Crippen LogP contribution >= 0.6 is 35.3 Å². The Morgan fingerprint density at radius 3 is 2.63 bits per heavy atom. The van der Waals surface area contributed by atoms with E-state index in [1.54, 1.807) is 11.3 Å². The maximum absolute atomic E-state index is 5.42. The number of thiazole rings is 1. The van der Waals surface area contributed by atoms with Gasteiger partial charge in [0.1, 0.15) is 5.69 Å². The zero-order valence-electron chi connectivity index (χ0n) is 15.7. The summed E-state index contributed by atoms with van der Waals surface area (Å²) in [7, 11) is 0. The predicted octanol–water partition coefficient (Wildman–Crippen LogP) is 4.29. The molecule has 144 valence electrons. The molecule has 8 heteroatoms. The van der Waals surface area contributed by atoms with Crippen LogP contribution in [0.5, 0.6) is 0 Å². The molecule has 0 amide bonds. The van der Waals surface area contributed by atoms with E-state index in [0.29, 0.717) is 13.1 Å². The van der Waals surface area contributed by atoms with E-state index in [4.69, 9.17) is 4.52 Å². The number of aromatic nitrogens is 2. The van der Waals surface area contributed by atoms with Gasteiger partial charge in [0.25, 0.3) is 0 Å². The standard InChI is InChI=1S/C19H23N5OS.HI/c1-4-20-19(22-12-18-13(2)23-14(3)26-18)21-11-16-10-17(25-24-16)15-8-6-5-7-9-15;/h5-10H,4,11-12H2,1-3H3,(H2,20,21,22);1H. The van der Waals surface area contributed by atoms with Gasteiger partial charge in [0.2, 0.25) is 0 Å². The molecule has 2 N–H and O–H groups in total. The molecule has 0 saturated carbocycles. The van der Waals surface area contributed by atoms with Gasteiger partial charge in [-0.05, 0) is 20.8 Å². The van der Waals surface area contributed by atoms with Crippen molar-refractivity contribution < 1.29 is 4.52 Å². The first kappa shape index (κ1) is 21.4. The number of aryl methyl sites for hydroxylation is 2. The smallest absolute Gasteiger partial charge is 0.191 e. The highest BCUT2D eigenvalue weighted by molar-refractivity contribution is 14.0. The molecule has 0 aliphatic carbocycles. The van der Waals surface area contributed by atoms with Gasteiger partial charge in [-0.2, -0.15) is 0 Å². The van der Waals surface area contributed by atoms with Crippen molar-refractivity contribution in [1.29, 1.82) is 0 Å². The molecule has 0 aliphatic rings. The minimum absolute atomic E-state index is 0. The van der Waals surface area contributed by atoms with Crippen molar-refractivity contribution >= 4 is 41.3 Å². The normalized spacial score (nSPS) is 11.1. The summed E-state index contributed by atoms with van der Waals surface area (Å²) in [6.45, 7) is 8.05. The Kier molecular flexibility index (Phi) is 8.23. The van der Waals surface area contributed by atoms with E-state index in [1.165, 1.54) is 4.88 Å². The van der Waals surface area contributed by atoms with Crippen molar-refractivity contribution in [1.82, 2.24) is 20.8 Å². The zero-order chi connectivity index (χ0) is 18.4. The van der Waals surface area contributed by atoms with Crippen LogP contribution < -0.4 is 10.6 Å². The lowest BCUT2D eigenvalue weighted by Crippen LogP contribution is -2.36. The van der Waals surface area contributed by atoms with Crippen LogP contribution in [0.25, 0.3) is 11.3 Å². The average Bonchev–Trinajstić information content (AvgIpc) is 3.24. The molecule has 0 aliphatic heterocycles. The summed E-state index contributed by atoms with van der Waals surface area (Å²) in [4.78, 5) is 10.3. The minimum Gasteiger partial charge on any atom is -0.357 e. The first-order valence-corrected chi connectivity index (χ1v) is 9.43. The van der Waals surface area contributed by atoms with Gasteiger partial charge in [-0.1, -0.05) is 35.5 Å². The summed E-state index contributed by atoms with van der Waals surface area (Å²) in [5, 5.41) is 11.8. The molecule has 0 spiro atoms. The van der Waals surface area contributed by atoms with Gasteiger partial charge in [-0.3, -0.25) is 0 Å². The molecule has 6 nitrogen and oxygen atoms in total. The lowest BCUT2D eigenvalue weighted by molar-refractivity contribution is 0.424. The Hall–Kier alpha value is -1.94. The third kappa shape index (κ3) is 6.03. The van der Waals surface area contributed by atoms with Crippen molar-refractivity contribution in [3.05, 3.63) is 57.7 Å². The quantitative estimate of drug-likeness (QED) is 0.302. The molecule has 27 heavy (non-hydrogen) atoms. The van der Waals surface area contributed by atoms with Gasteiger partial charge in [-0.25, -0.2) is 9.98 Å². The van der Waals surface area contributed by atoms with E-state index >= 15 is 0 Å². The van der Waals surface area contributed by atoms with Crippen LogP contribution in [0.3, 0.4) is 0 Å². The molecular weight excluding hydrogens is 473 g/mol. The Bertz CT molecular complexity index is 875. The maximum atomic E-state index is 5.42. The van der Waals surface area contributed by atoms with Gasteiger partial charge in [0.05, 0.1) is 23.8 Å². The third-order valence-corrected chi connectivity index (χ3v) is 4.85. The third-order valence-electron chi connectivity index (χ3n) is 3.78. The molecule has 3 aromatic rings. The van der Waals surface area contributed by atoms with E-state index in [-0.39, 0.29) is 24.0 Å². The summed E-state index contributed by atoms with van der Waals surface area (Å²) < 4.78 is 5.42. The second kappa shape index (κ2) is 10.4. The van der Waals surface area contributed by atoms with Crippen LogP contribution in [0.2, 0.25) is 0 Å². The molecule has 0 fully saturated rings. The lowest BCUT2D eigenvalue weighted by atomic mass is 10.2. The first-order valence-electron chi connectivity index (χ1n) is 8.61. The minimum atomic E-state index is 0. The summed E-state index contributed by atoms with van der Waals surface area (Å²) in [6, 6.07) is 11.9. The number of halogens is 1. The molecule has 2 aromatic heterocycles. The van der Waals surface area contributed by atoms with Crippen LogP contribution in [0.15, 0.2) is 45.9 Å². The summed E-state index contributed by atoms with van der Waals surface area (Å²) in [5.41, 5.74) is 2.88. The largest absolute Gasteiger partial charge is 0.357 e. The second-order valence-electron chi connectivity index (χ2n) is 5.84. The average molecular weight is 497 g/mol. The fraction of sp³-hybridized carbons (Fsp3) is 0.316. The van der Waals surface area contributed by atoms with E-state index in [9.17, 15) is 0 Å². The first-order chi connectivity index (χ1) is 12.7. The topological polar surface area (TPSA) is 75.3 Å². The van der Waals surface area contributed by atoms with Crippen molar-refractivity contribution in [2.45, 2.75) is 33.9 Å². The molecule has 0 radical (unpaired) electrons. The Labute approximate surface area is 180 Å². The SMILES string of the molecule is CCNC(=NCc1cc(-c2ccccc2)on1)NCc1sc(C)nc1C.I. The van der Waals surface area contributed by atoms with Gasteiger partial charge in [-0.15, -0.1) is 35.3 Å². The van der Waals surface area contributed by atoms with Gasteiger partial charge < -0.3 is 15.2 Å². The van der Waals surface area contributed by atoms with Gasteiger partial charge in [0.15, 0.2) is 11.7 Å². The molecule has 0 bridgehead atoms. The Morgan fingerprint density at radius 1 is 1.19 bits per heavy atom. The predicted molar refractivity (Wildman–Crippen MR) is 121 cm³/mol. The fourth-order valence-corrected chi connectivity index (χ4v) is 3.40. The number of rotatable bonds is 6. The Morgan fingerprint density at radius 2 is 1.96 bits per heavy atom. The number of hydrogen-bond donors (Lipinski definition) is 2. The van der Waals surface area contributed by atoms with Crippen LogP contribution in [0.4, 0.5) is 0 Å². The van der Waals surface area contributed by atoms with E-state index in [0.717, 1.165) is 40.2 Å². The number of guanidine groups is 1. The van der Waals surface area contributed by atoms with E-state index in [2.05, 4.69) is 25.8 Å². The number of hydrogen-bond acceptors (Lipinski definition) is 5. The number of aliphatic imine (C=N–C) groups is 1. The highest BCUT2D eigenvalue weighted by atomic mass is 127. The molecule has 2 heterocycles.